The third-order valence-electron chi connectivity index (χ3n) is 3.20. The average molecular weight is 282 g/mol. The predicted molar refractivity (Wildman–Crippen MR) is 81.6 cm³/mol. The number of rotatable bonds is 7. The van der Waals surface area contributed by atoms with Crippen molar-refractivity contribution in [1.82, 2.24) is 5.32 Å². The second-order valence-electron chi connectivity index (χ2n) is 5.90. The van der Waals surface area contributed by atoms with E-state index in [2.05, 4.69) is 25.2 Å². The zero-order chi connectivity index (χ0) is 14.3. The number of hydrogen-bond acceptors (Lipinski definition) is 1. The molecule has 0 bridgehead atoms. The van der Waals surface area contributed by atoms with Crippen LogP contribution in [-0.2, 0) is 11.2 Å². The lowest BCUT2D eigenvalue weighted by Gasteiger charge is -2.24. The molecule has 0 saturated heterocycles. The van der Waals surface area contributed by atoms with Crippen LogP contribution in [0.25, 0.3) is 0 Å². The van der Waals surface area contributed by atoms with Gasteiger partial charge in [0, 0.05) is 12.4 Å². The van der Waals surface area contributed by atoms with Crippen LogP contribution >= 0.6 is 11.6 Å². The zero-order valence-electron chi connectivity index (χ0n) is 12.1. The molecule has 1 N–H and O–H groups in total. The van der Waals surface area contributed by atoms with E-state index < -0.39 is 0 Å². The highest BCUT2D eigenvalue weighted by Crippen LogP contribution is 2.21. The summed E-state index contributed by atoms with van der Waals surface area (Å²) in [5, 5.41) is 3.02. The van der Waals surface area contributed by atoms with Crippen molar-refractivity contribution in [1.29, 1.82) is 0 Å². The second kappa shape index (κ2) is 7.54. The number of alkyl halides is 1. The normalized spacial score (nSPS) is 11.4. The van der Waals surface area contributed by atoms with Gasteiger partial charge in [-0.25, -0.2) is 0 Å². The largest absolute Gasteiger partial charge is 0.355 e. The molecule has 0 aliphatic heterocycles. The van der Waals surface area contributed by atoms with Gasteiger partial charge < -0.3 is 5.32 Å². The first-order valence-corrected chi connectivity index (χ1v) is 7.35. The fourth-order valence-electron chi connectivity index (χ4n) is 2.04. The first-order valence-electron chi connectivity index (χ1n) is 6.81. The summed E-state index contributed by atoms with van der Waals surface area (Å²) in [6, 6.07) is 8.07. The van der Waals surface area contributed by atoms with E-state index in [0.717, 1.165) is 18.4 Å². The monoisotopic (exact) mass is 281 g/mol. The topological polar surface area (TPSA) is 29.1 Å². The Bertz CT molecular complexity index is 415. The quantitative estimate of drug-likeness (QED) is 0.759. The molecule has 3 heteroatoms. The molecule has 2 nitrogen and oxygen atoms in total. The molecule has 0 fully saturated rings. The number of carbonyl (C=O) groups excluding carboxylic acids is 1. The summed E-state index contributed by atoms with van der Waals surface area (Å²) >= 11 is 5.71. The highest BCUT2D eigenvalue weighted by molar-refractivity contribution is 6.17. The van der Waals surface area contributed by atoms with Crippen molar-refractivity contribution in [2.75, 3.05) is 12.4 Å². The number of hydrogen-bond donors (Lipinski definition) is 1. The van der Waals surface area contributed by atoms with Crippen molar-refractivity contribution >= 4 is 17.5 Å². The van der Waals surface area contributed by atoms with E-state index in [4.69, 9.17) is 11.6 Å². The Morgan fingerprint density at radius 3 is 2.74 bits per heavy atom. The minimum absolute atomic E-state index is 0.0875. The summed E-state index contributed by atoms with van der Waals surface area (Å²) in [5.74, 6) is 0.769. The lowest BCUT2D eigenvalue weighted by atomic mass is 9.88. The second-order valence-corrected chi connectivity index (χ2v) is 6.28. The minimum Gasteiger partial charge on any atom is -0.355 e. The Kier molecular flexibility index (Phi) is 6.36. The van der Waals surface area contributed by atoms with E-state index in [1.807, 2.05) is 25.1 Å². The van der Waals surface area contributed by atoms with Crippen molar-refractivity contribution in [2.24, 2.45) is 5.41 Å². The predicted octanol–water partition coefficient (Wildman–Crippen LogP) is 3.70. The van der Waals surface area contributed by atoms with Gasteiger partial charge in [-0.05, 0) is 30.7 Å². The fourth-order valence-corrected chi connectivity index (χ4v) is 2.18. The van der Waals surface area contributed by atoms with Crippen molar-refractivity contribution in [2.45, 2.75) is 40.0 Å². The van der Waals surface area contributed by atoms with E-state index in [0.29, 0.717) is 18.8 Å². The molecule has 0 aliphatic rings. The van der Waals surface area contributed by atoms with Gasteiger partial charge >= 0.3 is 0 Å². The van der Waals surface area contributed by atoms with Gasteiger partial charge in [0.15, 0.2) is 0 Å². The number of carbonyl (C=O) groups is 1. The zero-order valence-corrected chi connectivity index (χ0v) is 12.9. The van der Waals surface area contributed by atoms with E-state index in [1.165, 1.54) is 5.56 Å². The molecule has 0 heterocycles. The van der Waals surface area contributed by atoms with Crippen LogP contribution < -0.4 is 5.32 Å². The molecule has 106 valence electrons. The van der Waals surface area contributed by atoms with Crippen LogP contribution in [0, 0.1) is 12.3 Å². The van der Waals surface area contributed by atoms with Crippen LogP contribution in [0.5, 0.6) is 0 Å². The van der Waals surface area contributed by atoms with E-state index in [-0.39, 0.29) is 11.3 Å². The maximum absolute atomic E-state index is 11.9. The molecule has 0 unspecified atom stereocenters. The van der Waals surface area contributed by atoms with Crippen molar-refractivity contribution < 1.29 is 4.79 Å². The molecule has 1 aromatic rings. The first-order chi connectivity index (χ1) is 8.93. The van der Waals surface area contributed by atoms with Gasteiger partial charge in [-0.15, -0.1) is 11.6 Å². The Morgan fingerprint density at radius 1 is 1.37 bits per heavy atom. The molecule has 0 atom stereocenters. The molecule has 0 aromatic heterocycles. The van der Waals surface area contributed by atoms with Gasteiger partial charge in [0.25, 0.3) is 0 Å². The van der Waals surface area contributed by atoms with Crippen molar-refractivity contribution in [3.8, 4) is 0 Å². The minimum atomic E-state index is 0.0875. The number of halogens is 1. The van der Waals surface area contributed by atoms with Crippen LogP contribution in [0.2, 0.25) is 0 Å². The number of benzene rings is 1. The Labute approximate surface area is 121 Å². The summed E-state index contributed by atoms with van der Waals surface area (Å²) < 4.78 is 0. The smallest absolute Gasteiger partial charge is 0.224 e. The lowest BCUT2D eigenvalue weighted by molar-refractivity contribution is -0.120. The van der Waals surface area contributed by atoms with Gasteiger partial charge in [-0.2, -0.15) is 0 Å². The number of amides is 1. The Morgan fingerprint density at radius 2 is 2.11 bits per heavy atom. The van der Waals surface area contributed by atoms with Gasteiger partial charge in [0.2, 0.25) is 5.91 Å². The molecule has 0 saturated carbocycles. The lowest BCUT2D eigenvalue weighted by Crippen LogP contribution is -2.34. The molecule has 1 amide bonds. The third-order valence-corrected chi connectivity index (χ3v) is 3.47. The molecule has 0 radical (unpaired) electrons. The number of aryl methyl sites for hydroxylation is 1. The molecule has 0 spiro atoms. The molecule has 1 rings (SSSR count). The molecule has 0 aliphatic carbocycles. The Balaban J connectivity index is 2.39. The van der Waals surface area contributed by atoms with Crippen LogP contribution in [0.15, 0.2) is 24.3 Å². The SMILES string of the molecule is Cc1cccc(CC(=O)NCC(C)(C)CCCCl)c1. The highest BCUT2D eigenvalue weighted by Gasteiger charge is 2.18. The van der Waals surface area contributed by atoms with Crippen LogP contribution in [0.1, 0.15) is 37.8 Å². The summed E-state index contributed by atoms with van der Waals surface area (Å²) in [7, 11) is 0. The average Bonchev–Trinajstić information content (AvgIpc) is 2.34. The fraction of sp³-hybridized carbons (Fsp3) is 0.562. The van der Waals surface area contributed by atoms with Crippen molar-refractivity contribution in [3.05, 3.63) is 35.4 Å². The van der Waals surface area contributed by atoms with Crippen molar-refractivity contribution in [3.63, 3.8) is 0 Å². The molecule has 19 heavy (non-hydrogen) atoms. The summed E-state index contributed by atoms with van der Waals surface area (Å²) in [4.78, 5) is 11.9. The van der Waals surface area contributed by atoms with E-state index in [9.17, 15) is 4.79 Å². The van der Waals surface area contributed by atoms with E-state index >= 15 is 0 Å². The van der Waals surface area contributed by atoms with Crippen LogP contribution in [0.4, 0.5) is 0 Å². The van der Waals surface area contributed by atoms with Gasteiger partial charge in [-0.1, -0.05) is 43.7 Å². The van der Waals surface area contributed by atoms with Crippen LogP contribution in [-0.4, -0.2) is 18.3 Å². The van der Waals surface area contributed by atoms with Gasteiger partial charge in [-0.3, -0.25) is 4.79 Å². The maximum Gasteiger partial charge on any atom is 0.224 e. The maximum atomic E-state index is 11.9. The molecular formula is C16H24ClNO. The number of nitrogens with one attached hydrogen (secondary N) is 1. The van der Waals surface area contributed by atoms with Crippen LogP contribution in [0.3, 0.4) is 0 Å². The molecule has 1 aromatic carbocycles. The van der Waals surface area contributed by atoms with Gasteiger partial charge in [0.05, 0.1) is 6.42 Å². The Hall–Kier alpha value is -1.02. The highest BCUT2D eigenvalue weighted by atomic mass is 35.5. The standard InChI is InChI=1S/C16H24ClNO/c1-13-6-4-7-14(10-13)11-15(19)18-12-16(2,3)8-5-9-17/h4,6-7,10H,5,8-9,11-12H2,1-3H3,(H,18,19). The van der Waals surface area contributed by atoms with E-state index in [1.54, 1.807) is 0 Å². The molecular weight excluding hydrogens is 258 g/mol. The van der Waals surface area contributed by atoms with Gasteiger partial charge in [0.1, 0.15) is 0 Å². The third kappa shape index (κ3) is 6.63. The summed E-state index contributed by atoms with van der Waals surface area (Å²) in [6.45, 7) is 7.06. The summed E-state index contributed by atoms with van der Waals surface area (Å²) in [5.41, 5.74) is 2.36. The summed E-state index contributed by atoms with van der Waals surface area (Å²) in [6.07, 6.45) is 2.47. The first kappa shape index (κ1) is 16.0.